The summed E-state index contributed by atoms with van der Waals surface area (Å²) in [6.07, 6.45) is 0. The molecule has 1 N–H and O–H groups in total. The van der Waals surface area contributed by atoms with Gasteiger partial charge in [0.1, 0.15) is 0 Å². The van der Waals surface area contributed by atoms with Crippen molar-refractivity contribution in [1.29, 1.82) is 0 Å². The van der Waals surface area contributed by atoms with Crippen LogP contribution in [0.25, 0.3) is 0 Å². The van der Waals surface area contributed by atoms with Crippen LogP contribution >= 0.6 is 46.0 Å². The van der Waals surface area contributed by atoms with Gasteiger partial charge in [0.15, 0.2) is 5.17 Å². The standard InChI is InChI=1S/C12H14ClIN2S/c1-7(2)11-6-17-12(16-11)15-10-4-3-8(13)5-9(10)14/h3-5,7,11H,6H2,1-2H3,(H,15,16). The van der Waals surface area contributed by atoms with Crippen molar-refractivity contribution in [1.82, 2.24) is 0 Å². The molecule has 0 bridgehead atoms. The number of amidine groups is 1. The van der Waals surface area contributed by atoms with E-state index in [0.717, 1.165) is 25.2 Å². The molecule has 92 valence electrons. The van der Waals surface area contributed by atoms with E-state index in [4.69, 9.17) is 11.6 Å². The van der Waals surface area contributed by atoms with Crippen LogP contribution in [0.15, 0.2) is 23.2 Å². The van der Waals surface area contributed by atoms with Crippen LogP contribution in [-0.2, 0) is 0 Å². The molecule has 1 unspecified atom stereocenters. The maximum absolute atomic E-state index is 5.93. The third-order valence-corrected chi connectivity index (χ3v) is 4.73. The van der Waals surface area contributed by atoms with E-state index in [2.05, 4.69) is 46.7 Å². The first-order valence-electron chi connectivity index (χ1n) is 5.49. The van der Waals surface area contributed by atoms with Gasteiger partial charge in [0.05, 0.1) is 11.7 Å². The summed E-state index contributed by atoms with van der Waals surface area (Å²) in [6.45, 7) is 4.42. The second kappa shape index (κ2) is 5.80. The minimum absolute atomic E-state index is 0.437. The Morgan fingerprint density at radius 1 is 1.53 bits per heavy atom. The van der Waals surface area contributed by atoms with Gasteiger partial charge in [-0.25, -0.2) is 0 Å². The number of hydrogen-bond acceptors (Lipinski definition) is 3. The van der Waals surface area contributed by atoms with E-state index in [1.165, 1.54) is 0 Å². The van der Waals surface area contributed by atoms with Crippen molar-refractivity contribution >= 4 is 56.8 Å². The van der Waals surface area contributed by atoms with Crippen LogP contribution in [0, 0.1) is 9.49 Å². The van der Waals surface area contributed by atoms with Gasteiger partial charge < -0.3 is 5.32 Å². The minimum atomic E-state index is 0.437. The van der Waals surface area contributed by atoms with E-state index in [9.17, 15) is 0 Å². The summed E-state index contributed by atoms with van der Waals surface area (Å²) in [5.41, 5.74) is 1.07. The van der Waals surface area contributed by atoms with Gasteiger partial charge in [-0.05, 0) is 46.7 Å². The Hall–Kier alpha value is 0.0600. The highest BCUT2D eigenvalue weighted by atomic mass is 127. The number of benzene rings is 1. The molecule has 2 rings (SSSR count). The maximum atomic E-state index is 5.93. The molecule has 1 aliphatic heterocycles. The molecule has 1 atom stereocenters. The Balaban J connectivity index is 2.09. The van der Waals surface area contributed by atoms with Crippen LogP contribution in [0.3, 0.4) is 0 Å². The first-order chi connectivity index (χ1) is 8.06. The molecule has 5 heteroatoms. The van der Waals surface area contributed by atoms with Crippen LogP contribution in [0.5, 0.6) is 0 Å². The largest absolute Gasteiger partial charge is 0.334 e. The van der Waals surface area contributed by atoms with Crippen molar-refractivity contribution in [3.63, 3.8) is 0 Å². The molecule has 0 spiro atoms. The van der Waals surface area contributed by atoms with Gasteiger partial charge in [-0.15, -0.1) is 0 Å². The third-order valence-electron chi connectivity index (χ3n) is 2.62. The zero-order chi connectivity index (χ0) is 12.4. The van der Waals surface area contributed by atoms with Gasteiger partial charge in [0.25, 0.3) is 0 Å². The van der Waals surface area contributed by atoms with Crippen molar-refractivity contribution in [2.75, 3.05) is 11.1 Å². The summed E-state index contributed by atoms with van der Waals surface area (Å²) in [4.78, 5) is 4.68. The third kappa shape index (κ3) is 3.51. The molecule has 1 heterocycles. The summed E-state index contributed by atoms with van der Waals surface area (Å²) in [5.74, 6) is 1.68. The monoisotopic (exact) mass is 380 g/mol. The zero-order valence-corrected chi connectivity index (χ0v) is 13.4. The lowest BCUT2D eigenvalue weighted by Crippen LogP contribution is -2.12. The summed E-state index contributed by atoms with van der Waals surface area (Å²) < 4.78 is 1.12. The van der Waals surface area contributed by atoms with Crippen molar-refractivity contribution in [2.45, 2.75) is 19.9 Å². The quantitative estimate of drug-likeness (QED) is 0.765. The molecule has 17 heavy (non-hydrogen) atoms. The number of aliphatic imine (C=N–C) groups is 1. The van der Waals surface area contributed by atoms with E-state index in [-0.39, 0.29) is 0 Å². The molecule has 0 fully saturated rings. The fourth-order valence-corrected chi connectivity index (χ4v) is 3.69. The SMILES string of the molecule is CC(C)C1CSC(Nc2ccc(Cl)cc2I)=N1. The predicted molar refractivity (Wildman–Crippen MR) is 86.3 cm³/mol. The lowest BCUT2D eigenvalue weighted by Gasteiger charge is -2.08. The number of thioether (sulfide) groups is 1. The highest BCUT2D eigenvalue weighted by Gasteiger charge is 2.21. The fourth-order valence-electron chi connectivity index (χ4n) is 1.51. The normalized spacial score (nSPS) is 19.6. The minimum Gasteiger partial charge on any atom is -0.334 e. The van der Waals surface area contributed by atoms with Crippen LogP contribution in [0.2, 0.25) is 5.02 Å². The number of nitrogens with one attached hydrogen (secondary N) is 1. The van der Waals surface area contributed by atoms with E-state index in [1.54, 1.807) is 11.8 Å². The molecule has 2 nitrogen and oxygen atoms in total. The Kier molecular flexibility index (Phi) is 4.60. The van der Waals surface area contributed by atoms with E-state index in [1.807, 2.05) is 18.2 Å². The van der Waals surface area contributed by atoms with Gasteiger partial charge in [0.2, 0.25) is 0 Å². The summed E-state index contributed by atoms with van der Waals surface area (Å²) >= 11 is 10.00. The highest BCUT2D eigenvalue weighted by molar-refractivity contribution is 14.1. The van der Waals surface area contributed by atoms with Crippen molar-refractivity contribution < 1.29 is 0 Å². The molecular formula is C12H14ClIN2S. The summed E-state index contributed by atoms with van der Waals surface area (Å²) in [7, 11) is 0. The van der Waals surface area contributed by atoms with Gasteiger partial charge in [-0.2, -0.15) is 0 Å². The van der Waals surface area contributed by atoms with Crippen LogP contribution in [0.4, 0.5) is 5.69 Å². The molecule has 0 radical (unpaired) electrons. The first-order valence-corrected chi connectivity index (χ1v) is 7.93. The molecule has 1 aromatic carbocycles. The number of rotatable bonds is 2. The lowest BCUT2D eigenvalue weighted by atomic mass is 10.1. The zero-order valence-electron chi connectivity index (χ0n) is 9.71. The Bertz CT molecular complexity index is 448. The second-order valence-electron chi connectivity index (χ2n) is 4.31. The fraction of sp³-hybridized carbons (Fsp3) is 0.417. The van der Waals surface area contributed by atoms with E-state index < -0.39 is 0 Å². The second-order valence-corrected chi connectivity index (χ2v) is 6.91. The van der Waals surface area contributed by atoms with E-state index in [0.29, 0.717) is 12.0 Å². The molecule has 0 amide bonds. The predicted octanol–water partition coefficient (Wildman–Crippen LogP) is 4.48. The average molecular weight is 381 g/mol. The maximum Gasteiger partial charge on any atom is 0.161 e. The topological polar surface area (TPSA) is 24.4 Å². The van der Waals surface area contributed by atoms with Gasteiger partial charge in [-0.1, -0.05) is 37.2 Å². The smallest absolute Gasteiger partial charge is 0.161 e. The highest BCUT2D eigenvalue weighted by Crippen LogP contribution is 2.27. The van der Waals surface area contributed by atoms with Gasteiger partial charge >= 0.3 is 0 Å². The van der Waals surface area contributed by atoms with Crippen LogP contribution in [0.1, 0.15) is 13.8 Å². The average Bonchev–Trinajstić information content (AvgIpc) is 2.71. The van der Waals surface area contributed by atoms with E-state index >= 15 is 0 Å². The van der Waals surface area contributed by atoms with Crippen LogP contribution in [-0.4, -0.2) is 17.0 Å². The molecule has 0 saturated carbocycles. The van der Waals surface area contributed by atoms with Crippen molar-refractivity contribution in [2.24, 2.45) is 10.9 Å². The van der Waals surface area contributed by atoms with Gasteiger partial charge in [-0.3, -0.25) is 4.99 Å². The molecule has 1 aromatic rings. The molecule has 0 aromatic heterocycles. The number of halogens is 2. The van der Waals surface area contributed by atoms with Crippen molar-refractivity contribution in [3.05, 3.63) is 26.8 Å². The molecule has 0 saturated heterocycles. The Labute approximate surface area is 125 Å². The molecule has 1 aliphatic rings. The molecular weight excluding hydrogens is 367 g/mol. The summed E-state index contributed by atoms with van der Waals surface area (Å²) in [6, 6.07) is 6.28. The number of nitrogens with zero attached hydrogens (tertiary/aromatic N) is 1. The first kappa shape index (κ1) is 13.5. The Morgan fingerprint density at radius 2 is 2.29 bits per heavy atom. The van der Waals surface area contributed by atoms with Crippen molar-refractivity contribution in [3.8, 4) is 0 Å². The summed E-state index contributed by atoms with van der Waals surface area (Å²) in [5, 5.41) is 5.15. The van der Waals surface area contributed by atoms with Crippen LogP contribution < -0.4 is 5.32 Å². The number of anilines is 1. The Morgan fingerprint density at radius 3 is 2.88 bits per heavy atom. The number of hydrogen-bond donors (Lipinski definition) is 1. The van der Waals surface area contributed by atoms with Gasteiger partial charge in [0, 0.05) is 14.3 Å². The lowest BCUT2D eigenvalue weighted by molar-refractivity contribution is 0.543. The molecule has 0 aliphatic carbocycles.